The third-order valence-corrected chi connectivity index (χ3v) is 5.21. The van der Waals surface area contributed by atoms with Gasteiger partial charge in [-0.2, -0.15) is 10.2 Å². The molecule has 0 aliphatic heterocycles. The summed E-state index contributed by atoms with van der Waals surface area (Å²) >= 11 is 5.80. The number of benzene rings is 3. The maximum absolute atomic E-state index is 13.4. The fourth-order valence-corrected chi connectivity index (χ4v) is 3.33. The van der Waals surface area contributed by atoms with Crippen LogP contribution in [-0.4, -0.2) is 44.2 Å². The second-order valence-electron chi connectivity index (χ2n) is 7.22. The van der Waals surface area contributed by atoms with Crippen molar-refractivity contribution in [3.05, 3.63) is 94.9 Å². The minimum atomic E-state index is -1.59. The molecule has 34 heavy (non-hydrogen) atoms. The second kappa shape index (κ2) is 9.88. The molecule has 0 atom stereocenters. The number of anilines is 1. The molecule has 1 heterocycles. The predicted octanol–water partition coefficient (Wildman–Crippen LogP) is 3.16. The number of nitrogens with one attached hydrogen (secondary N) is 1. The lowest BCUT2D eigenvalue weighted by atomic mass is 9.80. The second-order valence-corrected chi connectivity index (χ2v) is 7.63. The highest BCUT2D eigenvalue weighted by atomic mass is 35.5. The van der Waals surface area contributed by atoms with Crippen LogP contribution in [0.5, 0.6) is 0 Å². The number of nitrogens with zero attached hydrogens (tertiary/aromatic N) is 3. The van der Waals surface area contributed by atoms with Crippen LogP contribution in [-0.2, 0) is 0 Å². The molecule has 0 aliphatic rings. The molecule has 0 saturated heterocycles. The molecule has 0 spiro atoms. The standard InChI is InChI=1S/C23H17BClFN4O4/c25-20-11-18(7-10-21(20)26)28-27-12-16-13-30(19-8-3-15(4-9-19)23(31)32)29-22(16)14-1-5-17(6-2-14)24(33)34/h1-13,28,33-34H,(H,31,32)/b27-12+. The first-order chi connectivity index (χ1) is 16.3. The number of aromatic carboxylic acids is 1. The number of carbonyl (C=O) groups is 1. The largest absolute Gasteiger partial charge is 0.488 e. The molecule has 0 fully saturated rings. The van der Waals surface area contributed by atoms with E-state index in [2.05, 4.69) is 15.6 Å². The lowest BCUT2D eigenvalue weighted by Gasteiger charge is -2.03. The summed E-state index contributed by atoms with van der Waals surface area (Å²) in [5, 5.41) is 36.6. The van der Waals surface area contributed by atoms with Crippen LogP contribution in [0.1, 0.15) is 15.9 Å². The van der Waals surface area contributed by atoms with Gasteiger partial charge in [0.15, 0.2) is 0 Å². The highest BCUT2D eigenvalue weighted by Gasteiger charge is 2.15. The van der Waals surface area contributed by atoms with Crippen LogP contribution in [0.3, 0.4) is 0 Å². The SMILES string of the molecule is O=C(O)c1ccc(-n2cc(/C=N/Nc3ccc(F)c(Cl)c3)c(-c3ccc(B(O)O)cc3)n2)cc1. The van der Waals surface area contributed by atoms with Crippen molar-refractivity contribution in [3.63, 3.8) is 0 Å². The van der Waals surface area contributed by atoms with Crippen LogP contribution < -0.4 is 10.9 Å². The summed E-state index contributed by atoms with van der Waals surface area (Å²) in [5.74, 6) is -1.57. The third kappa shape index (κ3) is 5.15. The van der Waals surface area contributed by atoms with Crippen molar-refractivity contribution in [3.8, 4) is 16.9 Å². The molecule has 0 radical (unpaired) electrons. The Kier molecular flexibility index (Phi) is 6.73. The van der Waals surface area contributed by atoms with Crippen LogP contribution in [0.4, 0.5) is 10.1 Å². The molecule has 170 valence electrons. The van der Waals surface area contributed by atoms with Gasteiger partial charge in [-0.1, -0.05) is 35.9 Å². The summed E-state index contributed by atoms with van der Waals surface area (Å²) in [5.41, 5.74) is 6.23. The summed E-state index contributed by atoms with van der Waals surface area (Å²) < 4.78 is 14.9. The van der Waals surface area contributed by atoms with Crippen molar-refractivity contribution in [1.29, 1.82) is 0 Å². The zero-order valence-electron chi connectivity index (χ0n) is 17.4. The van der Waals surface area contributed by atoms with E-state index in [1.165, 1.54) is 36.5 Å². The van der Waals surface area contributed by atoms with E-state index < -0.39 is 18.9 Å². The summed E-state index contributed by atoms with van der Waals surface area (Å²) in [4.78, 5) is 11.1. The zero-order chi connectivity index (χ0) is 24.2. The van der Waals surface area contributed by atoms with Gasteiger partial charge in [-0.05, 0) is 47.9 Å². The Labute approximate surface area is 198 Å². The molecule has 3 aromatic carbocycles. The van der Waals surface area contributed by atoms with Crippen molar-refractivity contribution in [2.45, 2.75) is 0 Å². The van der Waals surface area contributed by atoms with E-state index in [-0.39, 0.29) is 10.6 Å². The first kappa shape index (κ1) is 23.2. The number of carboxylic acids is 1. The molecule has 8 nitrogen and oxygen atoms in total. The van der Waals surface area contributed by atoms with E-state index in [4.69, 9.17) is 16.7 Å². The molecule has 0 aliphatic carbocycles. The molecular weight excluding hydrogens is 462 g/mol. The lowest BCUT2D eigenvalue weighted by Crippen LogP contribution is -2.29. The molecule has 1 aromatic heterocycles. The van der Waals surface area contributed by atoms with Crippen molar-refractivity contribution in [1.82, 2.24) is 9.78 Å². The van der Waals surface area contributed by atoms with Gasteiger partial charge in [-0.15, -0.1) is 0 Å². The van der Waals surface area contributed by atoms with Gasteiger partial charge in [0.05, 0.1) is 28.2 Å². The molecule has 0 unspecified atom stereocenters. The molecule has 0 saturated carbocycles. The molecule has 4 N–H and O–H groups in total. The Hall–Kier alpha value is -3.99. The van der Waals surface area contributed by atoms with Crippen molar-refractivity contribution in [2.24, 2.45) is 5.10 Å². The fourth-order valence-electron chi connectivity index (χ4n) is 3.15. The summed E-state index contributed by atoms with van der Waals surface area (Å²) in [6, 6.07) is 16.9. The number of rotatable bonds is 7. The Morgan fingerprint density at radius 3 is 2.41 bits per heavy atom. The zero-order valence-corrected chi connectivity index (χ0v) is 18.2. The highest BCUT2D eigenvalue weighted by Crippen LogP contribution is 2.23. The quantitative estimate of drug-likeness (QED) is 0.184. The van der Waals surface area contributed by atoms with Gasteiger partial charge in [0.2, 0.25) is 0 Å². The first-order valence-corrected chi connectivity index (χ1v) is 10.3. The number of halogens is 2. The van der Waals surface area contributed by atoms with Gasteiger partial charge in [-0.25, -0.2) is 13.9 Å². The fraction of sp³-hybridized carbons (Fsp3) is 0. The molecule has 4 rings (SSSR count). The highest BCUT2D eigenvalue weighted by molar-refractivity contribution is 6.58. The van der Waals surface area contributed by atoms with E-state index in [9.17, 15) is 19.2 Å². The Morgan fingerprint density at radius 1 is 1.09 bits per heavy atom. The van der Waals surface area contributed by atoms with Gasteiger partial charge < -0.3 is 15.2 Å². The van der Waals surface area contributed by atoms with Crippen molar-refractivity contribution < 1.29 is 24.3 Å². The first-order valence-electron chi connectivity index (χ1n) is 9.96. The Morgan fingerprint density at radius 2 is 1.79 bits per heavy atom. The van der Waals surface area contributed by atoms with Crippen LogP contribution >= 0.6 is 11.6 Å². The van der Waals surface area contributed by atoms with E-state index in [0.29, 0.717) is 33.7 Å². The lowest BCUT2D eigenvalue weighted by molar-refractivity contribution is 0.0697. The maximum Gasteiger partial charge on any atom is 0.488 e. The van der Waals surface area contributed by atoms with Crippen LogP contribution in [0, 0.1) is 5.82 Å². The van der Waals surface area contributed by atoms with Crippen LogP contribution in [0.2, 0.25) is 5.02 Å². The van der Waals surface area contributed by atoms with E-state index in [0.717, 1.165) is 0 Å². The summed E-state index contributed by atoms with van der Waals surface area (Å²) in [6.07, 6.45) is 3.24. The van der Waals surface area contributed by atoms with Gasteiger partial charge in [0.1, 0.15) is 11.5 Å². The van der Waals surface area contributed by atoms with E-state index in [1.54, 1.807) is 47.3 Å². The molecule has 4 aromatic rings. The number of carboxylic acid groups (broad SMARTS) is 1. The Bertz CT molecular complexity index is 1360. The molecule has 11 heteroatoms. The van der Waals surface area contributed by atoms with E-state index >= 15 is 0 Å². The van der Waals surface area contributed by atoms with E-state index in [1.807, 2.05) is 0 Å². The van der Waals surface area contributed by atoms with Gasteiger partial charge in [-0.3, -0.25) is 5.43 Å². The number of hydrogen-bond donors (Lipinski definition) is 4. The van der Waals surface area contributed by atoms with Gasteiger partial charge in [0.25, 0.3) is 0 Å². The van der Waals surface area contributed by atoms with Gasteiger partial charge in [0, 0.05) is 17.3 Å². The van der Waals surface area contributed by atoms with Crippen molar-refractivity contribution >= 4 is 42.1 Å². The Balaban J connectivity index is 1.68. The average molecular weight is 479 g/mol. The maximum atomic E-state index is 13.4. The van der Waals surface area contributed by atoms with Crippen molar-refractivity contribution in [2.75, 3.05) is 5.43 Å². The summed E-state index contributed by atoms with van der Waals surface area (Å²) in [7, 11) is -1.59. The average Bonchev–Trinajstić information content (AvgIpc) is 3.25. The molecular formula is C23H17BClFN4O4. The minimum Gasteiger partial charge on any atom is -0.478 e. The topological polar surface area (TPSA) is 120 Å². The monoisotopic (exact) mass is 478 g/mol. The van der Waals surface area contributed by atoms with Crippen LogP contribution in [0.15, 0.2) is 78.0 Å². The molecule has 0 bridgehead atoms. The normalized spacial score (nSPS) is 11.1. The van der Waals surface area contributed by atoms with Gasteiger partial charge >= 0.3 is 13.1 Å². The minimum absolute atomic E-state index is 0.0373. The number of aromatic nitrogens is 2. The third-order valence-electron chi connectivity index (χ3n) is 4.92. The molecule has 0 amide bonds. The number of hydrogen-bond acceptors (Lipinski definition) is 6. The van der Waals surface area contributed by atoms with Crippen LogP contribution in [0.25, 0.3) is 16.9 Å². The summed E-state index contributed by atoms with van der Waals surface area (Å²) in [6.45, 7) is 0. The predicted molar refractivity (Wildman–Crippen MR) is 128 cm³/mol. The smallest absolute Gasteiger partial charge is 0.478 e. The number of hydrazone groups is 1.